The summed E-state index contributed by atoms with van der Waals surface area (Å²) in [4.78, 5) is 14.8. The summed E-state index contributed by atoms with van der Waals surface area (Å²) >= 11 is 0. The zero-order valence-electron chi connectivity index (χ0n) is 16.0. The minimum Gasteiger partial charge on any atom is -0.485 e. The number of likely N-dealkylation sites (tertiary alicyclic amines) is 1. The van der Waals surface area contributed by atoms with Gasteiger partial charge in [-0.15, -0.1) is 15.3 Å². The molecule has 1 aromatic carbocycles. The van der Waals surface area contributed by atoms with E-state index in [1.165, 1.54) is 0 Å². The van der Waals surface area contributed by atoms with E-state index in [2.05, 4.69) is 15.3 Å². The van der Waals surface area contributed by atoms with E-state index in [9.17, 15) is 4.79 Å². The van der Waals surface area contributed by atoms with Gasteiger partial charge in [-0.3, -0.25) is 4.79 Å². The Morgan fingerprint density at radius 3 is 2.69 bits per heavy atom. The van der Waals surface area contributed by atoms with E-state index in [1.807, 2.05) is 35.2 Å². The zero-order valence-corrected chi connectivity index (χ0v) is 16.0. The van der Waals surface area contributed by atoms with Crippen LogP contribution in [0.5, 0.6) is 17.4 Å². The van der Waals surface area contributed by atoms with Crippen molar-refractivity contribution in [1.29, 1.82) is 0 Å². The molecule has 1 fully saturated rings. The fourth-order valence-electron chi connectivity index (χ4n) is 3.86. The molecule has 29 heavy (non-hydrogen) atoms. The van der Waals surface area contributed by atoms with Crippen LogP contribution in [-0.4, -0.2) is 63.5 Å². The number of methoxy groups -OCH3 is 1. The van der Waals surface area contributed by atoms with Crippen LogP contribution in [-0.2, 0) is 4.79 Å². The Morgan fingerprint density at radius 1 is 1.10 bits per heavy atom. The maximum Gasteiger partial charge on any atom is 0.267 e. The van der Waals surface area contributed by atoms with Crippen molar-refractivity contribution in [2.45, 2.75) is 24.9 Å². The van der Waals surface area contributed by atoms with Crippen LogP contribution >= 0.6 is 0 Å². The number of hydrogen-bond acceptors (Lipinski definition) is 7. The summed E-state index contributed by atoms with van der Waals surface area (Å²) in [6.45, 7) is 1.49. The molecule has 0 saturated carbocycles. The van der Waals surface area contributed by atoms with Gasteiger partial charge in [-0.2, -0.15) is 4.52 Å². The van der Waals surface area contributed by atoms with Crippen molar-refractivity contribution in [2.24, 2.45) is 0 Å². The van der Waals surface area contributed by atoms with Crippen molar-refractivity contribution in [2.75, 3.05) is 26.8 Å². The van der Waals surface area contributed by atoms with Crippen LogP contribution in [0, 0.1) is 0 Å². The summed E-state index contributed by atoms with van der Waals surface area (Å²) in [6.07, 6.45) is 0.965. The molecule has 2 aliphatic heterocycles. The van der Waals surface area contributed by atoms with Crippen molar-refractivity contribution in [3.05, 3.63) is 42.2 Å². The van der Waals surface area contributed by atoms with Gasteiger partial charge in [0.05, 0.1) is 7.11 Å². The molecule has 4 heterocycles. The molecule has 0 bridgehead atoms. The Bertz CT molecular complexity index is 1040. The number of rotatable bonds is 3. The first kappa shape index (κ1) is 17.7. The van der Waals surface area contributed by atoms with E-state index in [0.29, 0.717) is 36.1 Å². The first-order chi connectivity index (χ1) is 14.2. The van der Waals surface area contributed by atoms with Crippen LogP contribution in [0.15, 0.2) is 36.4 Å². The average molecular weight is 395 g/mol. The highest BCUT2D eigenvalue weighted by Gasteiger charge is 2.34. The van der Waals surface area contributed by atoms with Crippen molar-refractivity contribution in [3.8, 4) is 17.4 Å². The number of piperidine rings is 1. The largest absolute Gasteiger partial charge is 0.485 e. The fourth-order valence-corrected chi connectivity index (χ4v) is 3.86. The molecule has 3 aromatic rings. The average Bonchev–Trinajstić information content (AvgIpc) is 3.21. The minimum atomic E-state index is -0.610. The summed E-state index contributed by atoms with van der Waals surface area (Å²) in [5.41, 5.74) is 0.686. The Hall–Kier alpha value is -3.36. The molecule has 150 valence electrons. The molecule has 5 rings (SSSR count). The monoisotopic (exact) mass is 395 g/mol. The molecular weight excluding hydrogens is 374 g/mol. The highest BCUT2D eigenvalue weighted by molar-refractivity contribution is 5.82. The zero-order chi connectivity index (χ0) is 19.8. The molecule has 0 N–H and O–H groups in total. The van der Waals surface area contributed by atoms with Crippen LogP contribution in [0.4, 0.5) is 0 Å². The lowest BCUT2D eigenvalue weighted by Gasteiger charge is -2.34. The molecule has 9 heteroatoms. The van der Waals surface area contributed by atoms with Gasteiger partial charge in [-0.05, 0) is 31.0 Å². The first-order valence-electron chi connectivity index (χ1n) is 9.66. The quantitative estimate of drug-likeness (QED) is 0.666. The van der Waals surface area contributed by atoms with E-state index in [4.69, 9.17) is 14.2 Å². The van der Waals surface area contributed by atoms with E-state index in [-0.39, 0.29) is 18.4 Å². The second-order valence-electron chi connectivity index (χ2n) is 7.17. The number of para-hydroxylation sites is 2. The Kier molecular flexibility index (Phi) is 4.42. The summed E-state index contributed by atoms with van der Waals surface area (Å²) in [5.74, 6) is 2.75. The number of carbonyl (C=O) groups excluding carboxylic acids is 1. The number of nitrogens with zero attached hydrogens (tertiary/aromatic N) is 5. The van der Waals surface area contributed by atoms with Crippen molar-refractivity contribution in [1.82, 2.24) is 24.7 Å². The van der Waals surface area contributed by atoms with Crippen LogP contribution in [0.2, 0.25) is 0 Å². The summed E-state index contributed by atoms with van der Waals surface area (Å²) in [5, 5.41) is 13.0. The number of amides is 1. The van der Waals surface area contributed by atoms with Crippen LogP contribution in [0.3, 0.4) is 0 Å². The second-order valence-corrected chi connectivity index (χ2v) is 7.17. The van der Waals surface area contributed by atoms with Gasteiger partial charge >= 0.3 is 0 Å². The number of carbonyl (C=O) groups is 1. The van der Waals surface area contributed by atoms with E-state index in [0.717, 1.165) is 18.7 Å². The van der Waals surface area contributed by atoms with Crippen molar-refractivity contribution in [3.63, 3.8) is 0 Å². The molecule has 1 atom stereocenters. The highest BCUT2D eigenvalue weighted by atomic mass is 16.6. The number of fused-ring (bicyclic) bond motifs is 2. The Labute approximate surface area is 167 Å². The van der Waals surface area contributed by atoms with E-state index in [1.54, 1.807) is 17.7 Å². The van der Waals surface area contributed by atoms with Crippen molar-refractivity contribution < 1.29 is 19.0 Å². The van der Waals surface area contributed by atoms with Gasteiger partial charge in [-0.25, -0.2) is 0 Å². The van der Waals surface area contributed by atoms with Gasteiger partial charge < -0.3 is 19.1 Å². The molecule has 2 aromatic heterocycles. The second kappa shape index (κ2) is 7.23. The van der Waals surface area contributed by atoms with Crippen LogP contribution in [0.1, 0.15) is 24.6 Å². The van der Waals surface area contributed by atoms with E-state index < -0.39 is 6.10 Å². The topological polar surface area (TPSA) is 91.1 Å². The van der Waals surface area contributed by atoms with Gasteiger partial charge in [0.1, 0.15) is 6.61 Å². The maximum atomic E-state index is 12.9. The van der Waals surface area contributed by atoms with Gasteiger partial charge in [0.25, 0.3) is 5.91 Å². The molecule has 9 nitrogen and oxygen atoms in total. The number of ether oxygens (including phenoxy) is 3. The van der Waals surface area contributed by atoms with Gasteiger partial charge in [0.2, 0.25) is 12.0 Å². The van der Waals surface area contributed by atoms with Gasteiger partial charge in [-0.1, -0.05) is 12.1 Å². The lowest BCUT2D eigenvalue weighted by atomic mass is 9.95. The molecule has 1 amide bonds. The summed E-state index contributed by atoms with van der Waals surface area (Å²) in [6, 6.07) is 11.0. The lowest BCUT2D eigenvalue weighted by Crippen LogP contribution is -2.48. The molecule has 0 radical (unpaired) electrons. The lowest BCUT2D eigenvalue weighted by molar-refractivity contribution is -0.142. The molecule has 2 aliphatic rings. The predicted octanol–water partition coefficient (Wildman–Crippen LogP) is 1.68. The number of hydrogen-bond donors (Lipinski definition) is 0. The molecule has 1 unspecified atom stereocenters. The van der Waals surface area contributed by atoms with E-state index >= 15 is 0 Å². The SMILES string of the molecule is COc1ccc2nnc(C3CCN(C(=O)C4COc5ccccc5O4)CC3)n2n1. The van der Waals surface area contributed by atoms with Gasteiger partial charge in [0, 0.05) is 25.1 Å². The van der Waals surface area contributed by atoms with Crippen LogP contribution < -0.4 is 14.2 Å². The number of aromatic nitrogens is 4. The standard InChI is InChI=1S/C20H21N5O4/c1-27-18-7-6-17-21-22-19(25(17)23-18)13-8-10-24(11-9-13)20(26)16-12-28-14-4-2-3-5-15(14)29-16/h2-7,13,16H,8-12H2,1H3. The third kappa shape index (κ3) is 3.22. The van der Waals surface area contributed by atoms with Crippen LogP contribution in [0.25, 0.3) is 5.65 Å². The van der Waals surface area contributed by atoms with Crippen molar-refractivity contribution >= 4 is 11.6 Å². The molecule has 0 aliphatic carbocycles. The van der Waals surface area contributed by atoms with Gasteiger partial charge in [0.15, 0.2) is 23.0 Å². The Morgan fingerprint density at radius 2 is 1.90 bits per heavy atom. The Balaban J connectivity index is 1.26. The first-order valence-corrected chi connectivity index (χ1v) is 9.66. The minimum absolute atomic E-state index is 0.0381. The molecule has 0 spiro atoms. The summed E-state index contributed by atoms with van der Waals surface area (Å²) < 4.78 is 18.5. The third-order valence-electron chi connectivity index (χ3n) is 5.43. The smallest absolute Gasteiger partial charge is 0.267 e. The fraction of sp³-hybridized carbons (Fsp3) is 0.400. The third-order valence-corrected chi connectivity index (χ3v) is 5.43. The number of benzene rings is 1. The molecular formula is C20H21N5O4. The normalized spacial score (nSPS) is 19.3. The molecule has 1 saturated heterocycles. The summed E-state index contributed by atoms with van der Waals surface area (Å²) in [7, 11) is 1.58. The maximum absolute atomic E-state index is 12.9. The highest BCUT2D eigenvalue weighted by Crippen LogP contribution is 2.32. The predicted molar refractivity (Wildman–Crippen MR) is 102 cm³/mol.